The minimum absolute atomic E-state index is 0.0958. The molecule has 1 aliphatic rings. The molecular formula is C14H18N2O4. The molecule has 0 unspecified atom stereocenters. The lowest BCUT2D eigenvalue weighted by molar-refractivity contribution is 0.104. The molecule has 1 heterocycles. The Morgan fingerprint density at radius 3 is 2.45 bits per heavy atom. The van der Waals surface area contributed by atoms with Gasteiger partial charge in [-0.15, -0.1) is 0 Å². The number of carbonyl (C=O) groups is 2. The van der Waals surface area contributed by atoms with Crippen molar-refractivity contribution in [2.75, 3.05) is 25.0 Å². The van der Waals surface area contributed by atoms with Crippen LogP contribution < -0.4 is 10.1 Å². The Labute approximate surface area is 117 Å². The van der Waals surface area contributed by atoms with Crippen molar-refractivity contribution in [1.82, 2.24) is 4.90 Å². The van der Waals surface area contributed by atoms with E-state index in [-0.39, 0.29) is 12.6 Å². The van der Waals surface area contributed by atoms with E-state index in [1.807, 2.05) is 0 Å². The van der Waals surface area contributed by atoms with Crippen LogP contribution >= 0.6 is 0 Å². The van der Waals surface area contributed by atoms with Gasteiger partial charge in [-0.05, 0) is 44.0 Å². The highest BCUT2D eigenvalue weighted by atomic mass is 16.7. The van der Waals surface area contributed by atoms with E-state index in [0.717, 1.165) is 25.9 Å². The first-order valence-electron chi connectivity index (χ1n) is 6.69. The molecule has 2 amide bonds. The summed E-state index contributed by atoms with van der Waals surface area (Å²) < 4.78 is 9.60. The number of hydrogen-bond acceptors (Lipinski definition) is 4. The van der Waals surface area contributed by atoms with E-state index < -0.39 is 6.16 Å². The van der Waals surface area contributed by atoms with Crippen molar-refractivity contribution in [2.45, 2.75) is 19.8 Å². The van der Waals surface area contributed by atoms with Gasteiger partial charge in [0.15, 0.2) is 0 Å². The Kier molecular flexibility index (Phi) is 4.81. The molecule has 0 spiro atoms. The summed E-state index contributed by atoms with van der Waals surface area (Å²) in [5.41, 5.74) is 0.665. The predicted octanol–water partition coefficient (Wildman–Crippen LogP) is 2.85. The van der Waals surface area contributed by atoms with Crippen LogP contribution in [-0.2, 0) is 4.74 Å². The molecule has 1 aliphatic heterocycles. The minimum Gasteiger partial charge on any atom is -0.434 e. The van der Waals surface area contributed by atoms with Gasteiger partial charge in [0.1, 0.15) is 5.75 Å². The number of rotatable bonds is 3. The van der Waals surface area contributed by atoms with E-state index in [4.69, 9.17) is 4.74 Å². The quantitative estimate of drug-likeness (QED) is 0.682. The second kappa shape index (κ2) is 6.79. The van der Waals surface area contributed by atoms with E-state index in [2.05, 4.69) is 10.1 Å². The molecule has 20 heavy (non-hydrogen) atoms. The molecule has 0 bridgehead atoms. The molecular weight excluding hydrogens is 260 g/mol. The zero-order valence-electron chi connectivity index (χ0n) is 11.4. The minimum atomic E-state index is -0.735. The molecule has 0 aliphatic carbocycles. The summed E-state index contributed by atoms with van der Waals surface area (Å²) in [7, 11) is 0. The highest BCUT2D eigenvalue weighted by molar-refractivity contribution is 5.89. The molecule has 108 valence electrons. The molecule has 1 fully saturated rings. The molecule has 0 atom stereocenters. The average molecular weight is 278 g/mol. The Hall–Kier alpha value is -2.24. The molecule has 1 N–H and O–H groups in total. The molecule has 0 aromatic heterocycles. The Morgan fingerprint density at radius 1 is 1.20 bits per heavy atom. The van der Waals surface area contributed by atoms with Gasteiger partial charge in [-0.2, -0.15) is 0 Å². The Bertz CT molecular complexity index is 467. The smallest absolute Gasteiger partial charge is 0.434 e. The van der Waals surface area contributed by atoms with Crippen molar-refractivity contribution in [3.05, 3.63) is 24.3 Å². The number of ether oxygens (including phenoxy) is 2. The third-order valence-electron chi connectivity index (χ3n) is 2.96. The van der Waals surface area contributed by atoms with Crippen LogP contribution in [0.5, 0.6) is 5.75 Å². The lowest BCUT2D eigenvalue weighted by Crippen LogP contribution is -2.32. The van der Waals surface area contributed by atoms with Crippen LogP contribution in [0.15, 0.2) is 24.3 Å². The van der Waals surface area contributed by atoms with Gasteiger partial charge in [0.2, 0.25) is 0 Å². The summed E-state index contributed by atoms with van der Waals surface area (Å²) in [4.78, 5) is 24.8. The number of amides is 2. The highest BCUT2D eigenvalue weighted by Gasteiger charge is 2.17. The van der Waals surface area contributed by atoms with Crippen LogP contribution in [-0.4, -0.2) is 36.8 Å². The first-order valence-corrected chi connectivity index (χ1v) is 6.69. The van der Waals surface area contributed by atoms with Crippen molar-refractivity contribution in [3.8, 4) is 5.75 Å². The van der Waals surface area contributed by atoms with Gasteiger partial charge in [0.05, 0.1) is 6.61 Å². The lowest BCUT2D eigenvalue weighted by atomic mass is 10.3. The molecule has 2 rings (SSSR count). The second-order valence-corrected chi connectivity index (χ2v) is 4.43. The summed E-state index contributed by atoms with van der Waals surface area (Å²) in [5.74, 6) is 0.377. The average Bonchev–Trinajstić information content (AvgIpc) is 2.95. The first-order chi connectivity index (χ1) is 9.69. The van der Waals surface area contributed by atoms with Crippen LogP contribution in [0.1, 0.15) is 19.8 Å². The van der Waals surface area contributed by atoms with E-state index in [9.17, 15) is 9.59 Å². The van der Waals surface area contributed by atoms with Gasteiger partial charge in [-0.1, -0.05) is 0 Å². The predicted molar refractivity (Wildman–Crippen MR) is 73.9 cm³/mol. The van der Waals surface area contributed by atoms with Gasteiger partial charge < -0.3 is 19.7 Å². The summed E-state index contributed by atoms with van der Waals surface area (Å²) >= 11 is 0. The van der Waals surface area contributed by atoms with Crippen LogP contribution in [0.3, 0.4) is 0 Å². The number of carbonyl (C=O) groups excluding carboxylic acids is 2. The third-order valence-corrected chi connectivity index (χ3v) is 2.96. The third kappa shape index (κ3) is 3.88. The maximum atomic E-state index is 11.9. The van der Waals surface area contributed by atoms with Gasteiger partial charge in [0.25, 0.3) is 0 Å². The summed E-state index contributed by atoms with van der Waals surface area (Å²) in [5, 5.41) is 2.80. The fourth-order valence-corrected chi connectivity index (χ4v) is 1.97. The largest absolute Gasteiger partial charge is 0.513 e. The van der Waals surface area contributed by atoms with E-state index in [1.165, 1.54) is 0 Å². The van der Waals surface area contributed by atoms with Gasteiger partial charge >= 0.3 is 12.2 Å². The van der Waals surface area contributed by atoms with E-state index in [0.29, 0.717) is 11.4 Å². The van der Waals surface area contributed by atoms with Gasteiger partial charge in [-0.25, -0.2) is 9.59 Å². The Balaban J connectivity index is 1.87. The van der Waals surface area contributed by atoms with E-state index in [1.54, 1.807) is 36.1 Å². The topological polar surface area (TPSA) is 67.9 Å². The fourth-order valence-electron chi connectivity index (χ4n) is 1.97. The normalized spacial score (nSPS) is 13.9. The highest BCUT2D eigenvalue weighted by Crippen LogP contribution is 2.17. The molecule has 0 radical (unpaired) electrons. The van der Waals surface area contributed by atoms with Crippen LogP contribution in [0.25, 0.3) is 0 Å². The van der Waals surface area contributed by atoms with Crippen molar-refractivity contribution in [2.24, 2.45) is 0 Å². The van der Waals surface area contributed by atoms with Crippen LogP contribution in [0.4, 0.5) is 15.3 Å². The summed E-state index contributed by atoms with van der Waals surface area (Å²) in [6.45, 7) is 3.58. The summed E-state index contributed by atoms with van der Waals surface area (Å²) in [6.07, 6.45) is 1.38. The first kappa shape index (κ1) is 14.2. The van der Waals surface area contributed by atoms with Crippen molar-refractivity contribution < 1.29 is 19.1 Å². The molecule has 1 aromatic carbocycles. The molecule has 1 saturated heterocycles. The zero-order chi connectivity index (χ0) is 14.4. The standard InChI is InChI=1S/C14H18N2O4/c1-2-19-14(18)20-12-7-5-11(6-8-12)15-13(17)16-9-3-4-10-16/h5-8H,2-4,9-10H2,1H3,(H,15,17). The van der Waals surface area contributed by atoms with Gasteiger partial charge in [0, 0.05) is 18.8 Å². The number of benzene rings is 1. The number of anilines is 1. The summed E-state index contributed by atoms with van der Waals surface area (Å²) in [6, 6.07) is 6.49. The fraction of sp³-hybridized carbons (Fsp3) is 0.429. The number of urea groups is 1. The van der Waals surface area contributed by atoms with Crippen LogP contribution in [0, 0.1) is 0 Å². The SMILES string of the molecule is CCOC(=O)Oc1ccc(NC(=O)N2CCCC2)cc1. The lowest BCUT2D eigenvalue weighted by Gasteiger charge is -2.16. The number of hydrogen-bond donors (Lipinski definition) is 1. The molecule has 6 nitrogen and oxygen atoms in total. The van der Waals surface area contributed by atoms with E-state index >= 15 is 0 Å². The van der Waals surface area contributed by atoms with Crippen LogP contribution in [0.2, 0.25) is 0 Å². The molecule has 6 heteroatoms. The number of likely N-dealkylation sites (tertiary alicyclic amines) is 1. The second-order valence-electron chi connectivity index (χ2n) is 4.43. The number of nitrogens with zero attached hydrogens (tertiary/aromatic N) is 1. The number of nitrogens with one attached hydrogen (secondary N) is 1. The maximum absolute atomic E-state index is 11.9. The van der Waals surface area contributed by atoms with Gasteiger partial charge in [-0.3, -0.25) is 0 Å². The molecule has 1 aromatic rings. The maximum Gasteiger partial charge on any atom is 0.513 e. The van der Waals surface area contributed by atoms with Crippen molar-refractivity contribution in [1.29, 1.82) is 0 Å². The Morgan fingerprint density at radius 2 is 1.85 bits per heavy atom. The monoisotopic (exact) mass is 278 g/mol. The molecule has 0 saturated carbocycles. The zero-order valence-corrected chi connectivity index (χ0v) is 11.4. The van der Waals surface area contributed by atoms with Crippen molar-refractivity contribution >= 4 is 17.9 Å². The van der Waals surface area contributed by atoms with Crippen molar-refractivity contribution in [3.63, 3.8) is 0 Å².